The van der Waals surface area contributed by atoms with E-state index in [0.717, 1.165) is 25.1 Å². The summed E-state index contributed by atoms with van der Waals surface area (Å²) in [6.07, 6.45) is 2.35. The molecule has 0 bridgehead atoms. The summed E-state index contributed by atoms with van der Waals surface area (Å²) in [4.78, 5) is 14.2. The molecular weight excluding hydrogens is 268 g/mol. The number of aryl methyl sites for hydroxylation is 1. The van der Waals surface area contributed by atoms with Gasteiger partial charge >= 0.3 is 0 Å². The van der Waals surface area contributed by atoms with Crippen molar-refractivity contribution in [1.29, 1.82) is 0 Å². The van der Waals surface area contributed by atoms with Crippen LogP contribution in [0.5, 0.6) is 0 Å². The molecule has 1 aromatic carbocycles. The van der Waals surface area contributed by atoms with Crippen LogP contribution in [0.15, 0.2) is 41.1 Å². The van der Waals surface area contributed by atoms with Crippen molar-refractivity contribution in [3.8, 4) is 0 Å². The average molecular weight is 286 g/mol. The maximum absolute atomic E-state index is 11.9. The third-order valence-corrected chi connectivity index (χ3v) is 4.34. The van der Waals surface area contributed by atoms with Gasteiger partial charge in [-0.3, -0.25) is 4.79 Å². The molecule has 3 rings (SSSR count). The van der Waals surface area contributed by atoms with Crippen molar-refractivity contribution in [2.45, 2.75) is 12.8 Å². The minimum absolute atomic E-state index is 0.0246. The Morgan fingerprint density at radius 1 is 1.30 bits per heavy atom. The lowest BCUT2D eigenvalue weighted by Gasteiger charge is -2.31. The molecule has 4 heteroatoms. The molecule has 104 valence electrons. The molecule has 0 spiro atoms. The van der Waals surface area contributed by atoms with Crippen LogP contribution in [-0.4, -0.2) is 25.5 Å². The van der Waals surface area contributed by atoms with Crippen LogP contribution in [0.25, 0.3) is 0 Å². The van der Waals surface area contributed by atoms with E-state index in [4.69, 9.17) is 0 Å². The zero-order chi connectivity index (χ0) is 13.8. The number of hydrogen-bond donors (Lipinski definition) is 1. The van der Waals surface area contributed by atoms with Crippen LogP contribution in [0, 0.1) is 0 Å². The van der Waals surface area contributed by atoms with E-state index >= 15 is 0 Å². The lowest BCUT2D eigenvalue weighted by molar-refractivity contribution is 0.0955. The highest BCUT2D eigenvalue weighted by Gasteiger charge is 2.15. The van der Waals surface area contributed by atoms with Gasteiger partial charge in [-0.25, -0.2) is 0 Å². The number of anilines is 1. The van der Waals surface area contributed by atoms with Crippen LogP contribution in [0.2, 0.25) is 0 Å². The van der Waals surface area contributed by atoms with E-state index in [9.17, 15) is 4.79 Å². The fourth-order valence-electron chi connectivity index (χ4n) is 2.64. The van der Waals surface area contributed by atoms with E-state index in [1.807, 2.05) is 16.8 Å². The molecule has 1 aromatic heterocycles. The first-order chi connectivity index (χ1) is 9.84. The molecule has 1 aliphatic heterocycles. The SMILES string of the molecule is O=C(NCCN1CCCc2ccccc21)c1ccsc1. The number of thiophene rings is 1. The minimum atomic E-state index is 0.0246. The Hall–Kier alpha value is -1.81. The monoisotopic (exact) mass is 286 g/mol. The van der Waals surface area contributed by atoms with E-state index in [0.29, 0.717) is 6.54 Å². The summed E-state index contributed by atoms with van der Waals surface area (Å²) in [6, 6.07) is 10.4. The number of amides is 1. The predicted molar refractivity (Wildman–Crippen MR) is 83.6 cm³/mol. The second-order valence-electron chi connectivity index (χ2n) is 4.99. The first-order valence-corrected chi connectivity index (χ1v) is 7.92. The minimum Gasteiger partial charge on any atom is -0.370 e. The molecule has 20 heavy (non-hydrogen) atoms. The van der Waals surface area contributed by atoms with Crippen molar-refractivity contribution in [2.75, 3.05) is 24.5 Å². The van der Waals surface area contributed by atoms with Crippen molar-refractivity contribution >= 4 is 22.9 Å². The number of nitrogens with one attached hydrogen (secondary N) is 1. The summed E-state index contributed by atoms with van der Waals surface area (Å²) in [6.45, 7) is 2.63. The summed E-state index contributed by atoms with van der Waals surface area (Å²) >= 11 is 1.55. The zero-order valence-corrected chi connectivity index (χ0v) is 12.2. The number of nitrogens with zero attached hydrogens (tertiary/aromatic N) is 1. The summed E-state index contributed by atoms with van der Waals surface area (Å²) in [7, 11) is 0. The molecule has 1 aliphatic rings. The number of para-hydroxylation sites is 1. The largest absolute Gasteiger partial charge is 0.370 e. The lowest BCUT2D eigenvalue weighted by Crippen LogP contribution is -2.37. The number of hydrogen-bond acceptors (Lipinski definition) is 3. The highest BCUT2D eigenvalue weighted by atomic mass is 32.1. The third kappa shape index (κ3) is 2.85. The van der Waals surface area contributed by atoms with Crippen molar-refractivity contribution in [3.05, 3.63) is 52.2 Å². The predicted octanol–water partition coefficient (Wildman–Crippen LogP) is 2.93. The van der Waals surface area contributed by atoms with Gasteiger partial charge in [0.25, 0.3) is 5.91 Å². The first kappa shape index (κ1) is 13.2. The van der Waals surface area contributed by atoms with Crippen LogP contribution in [0.4, 0.5) is 5.69 Å². The number of fused-ring (bicyclic) bond motifs is 1. The van der Waals surface area contributed by atoms with Crippen molar-refractivity contribution in [3.63, 3.8) is 0 Å². The van der Waals surface area contributed by atoms with Gasteiger partial charge in [0.05, 0.1) is 0 Å². The quantitative estimate of drug-likeness (QED) is 0.937. The molecule has 1 N–H and O–H groups in total. The molecular formula is C16H18N2OS. The molecule has 0 saturated carbocycles. The second-order valence-corrected chi connectivity index (χ2v) is 5.77. The van der Waals surface area contributed by atoms with Gasteiger partial charge < -0.3 is 10.2 Å². The van der Waals surface area contributed by atoms with E-state index in [1.165, 1.54) is 17.7 Å². The summed E-state index contributed by atoms with van der Waals surface area (Å²) in [5.41, 5.74) is 3.50. The first-order valence-electron chi connectivity index (χ1n) is 6.98. The Morgan fingerprint density at radius 2 is 2.20 bits per heavy atom. The van der Waals surface area contributed by atoms with Gasteiger partial charge in [0, 0.05) is 36.3 Å². The van der Waals surface area contributed by atoms with Crippen LogP contribution < -0.4 is 10.2 Å². The molecule has 0 unspecified atom stereocenters. The fourth-order valence-corrected chi connectivity index (χ4v) is 3.28. The Morgan fingerprint density at radius 3 is 3.05 bits per heavy atom. The molecule has 1 amide bonds. The average Bonchev–Trinajstić information content (AvgIpc) is 3.02. The van der Waals surface area contributed by atoms with Crippen molar-refractivity contribution in [2.24, 2.45) is 0 Å². The number of benzene rings is 1. The third-order valence-electron chi connectivity index (χ3n) is 3.66. The number of carbonyl (C=O) groups is 1. The lowest BCUT2D eigenvalue weighted by atomic mass is 10.0. The highest BCUT2D eigenvalue weighted by Crippen LogP contribution is 2.25. The number of rotatable bonds is 4. The zero-order valence-electron chi connectivity index (χ0n) is 11.3. The standard InChI is InChI=1S/C16H18N2OS/c19-16(14-7-11-20-12-14)17-8-10-18-9-3-5-13-4-1-2-6-15(13)18/h1-2,4,6-7,11-12H,3,5,8-10H2,(H,17,19). The topological polar surface area (TPSA) is 32.3 Å². The van der Waals surface area contributed by atoms with Crippen LogP contribution in [0.3, 0.4) is 0 Å². The molecule has 2 aromatic rings. The normalized spacial score (nSPS) is 13.9. The molecule has 3 nitrogen and oxygen atoms in total. The smallest absolute Gasteiger partial charge is 0.252 e. The van der Waals surface area contributed by atoms with Crippen LogP contribution in [-0.2, 0) is 6.42 Å². The summed E-state index contributed by atoms with van der Waals surface area (Å²) < 4.78 is 0. The molecule has 0 saturated heterocycles. The van der Waals surface area contributed by atoms with E-state index in [2.05, 4.69) is 34.5 Å². The van der Waals surface area contributed by atoms with E-state index in [-0.39, 0.29) is 5.91 Å². The number of carbonyl (C=O) groups excluding carboxylic acids is 1. The van der Waals surface area contributed by atoms with Gasteiger partial charge in [-0.15, -0.1) is 0 Å². The molecule has 0 atom stereocenters. The maximum Gasteiger partial charge on any atom is 0.252 e. The van der Waals surface area contributed by atoms with Gasteiger partial charge in [-0.2, -0.15) is 11.3 Å². The van der Waals surface area contributed by atoms with E-state index in [1.54, 1.807) is 11.3 Å². The summed E-state index contributed by atoms with van der Waals surface area (Å²) in [5.74, 6) is 0.0246. The highest BCUT2D eigenvalue weighted by molar-refractivity contribution is 7.08. The van der Waals surface area contributed by atoms with Gasteiger partial charge in [-0.05, 0) is 35.9 Å². The molecule has 0 fully saturated rings. The van der Waals surface area contributed by atoms with Gasteiger partial charge in [-0.1, -0.05) is 18.2 Å². The maximum atomic E-state index is 11.9. The van der Waals surface area contributed by atoms with Crippen molar-refractivity contribution in [1.82, 2.24) is 5.32 Å². The van der Waals surface area contributed by atoms with Crippen LogP contribution >= 0.6 is 11.3 Å². The van der Waals surface area contributed by atoms with Gasteiger partial charge in [0.1, 0.15) is 0 Å². The Kier molecular flexibility index (Phi) is 4.02. The van der Waals surface area contributed by atoms with Crippen LogP contribution in [0.1, 0.15) is 22.3 Å². The molecule has 0 aliphatic carbocycles. The molecule has 0 radical (unpaired) electrons. The Balaban J connectivity index is 1.56. The Labute approximate surface area is 123 Å². The fraction of sp³-hybridized carbons (Fsp3) is 0.312. The molecule has 2 heterocycles. The van der Waals surface area contributed by atoms with E-state index < -0.39 is 0 Å². The van der Waals surface area contributed by atoms with Crippen molar-refractivity contribution < 1.29 is 4.79 Å². The van der Waals surface area contributed by atoms with Gasteiger partial charge in [0.2, 0.25) is 0 Å². The summed E-state index contributed by atoms with van der Waals surface area (Å²) in [5, 5.41) is 6.80. The Bertz CT molecular complexity index is 580. The second kappa shape index (κ2) is 6.09. The van der Waals surface area contributed by atoms with Gasteiger partial charge in [0.15, 0.2) is 0 Å².